The molecule has 3 rings (SSSR count). The first-order valence-corrected chi connectivity index (χ1v) is 9.44. The van der Waals surface area contributed by atoms with E-state index in [1.165, 1.54) is 31.2 Å². The fraction of sp³-hybridized carbons (Fsp3) is 0.737. The van der Waals surface area contributed by atoms with Crippen LogP contribution in [0, 0.1) is 0 Å². The lowest BCUT2D eigenvalue weighted by Gasteiger charge is -2.23. The van der Waals surface area contributed by atoms with E-state index >= 15 is 0 Å². The number of aromatic nitrogens is 1. The Labute approximate surface area is 148 Å². The summed E-state index contributed by atoms with van der Waals surface area (Å²) < 4.78 is 35.5. The van der Waals surface area contributed by atoms with Crippen molar-refractivity contribution in [1.82, 2.24) is 9.88 Å². The van der Waals surface area contributed by atoms with Gasteiger partial charge >= 0.3 is 0 Å². The third-order valence-electron chi connectivity index (χ3n) is 5.05. The highest BCUT2D eigenvalue weighted by Gasteiger charge is 2.18. The maximum absolute atomic E-state index is 12.3. The lowest BCUT2D eigenvalue weighted by atomic mass is 10.1. The van der Waals surface area contributed by atoms with E-state index in [2.05, 4.69) is 9.88 Å². The van der Waals surface area contributed by atoms with Gasteiger partial charge in [0.1, 0.15) is 0 Å². The van der Waals surface area contributed by atoms with Crippen LogP contribution in [0.15, 0.2) is 12.1 Å². The summed E-state index contributed by atoms with van der Waals surface area (Å²) in [6.07, 6.45) is 5.75. The largest absolute Gasteiger partial charge is 0.472 e. The van der Waals surface area contributed by atoms with Crippen LogP contribution in [-0.4, -0.2) is 55.3 Å². The van der Waals surface area contributed by atoms with Crippen LogP contribution in [0.1, 0.15) is 43.4 Å². The average Bonchev–Trinajstić information content (AvgIpc) is 2.99. The Kier molecular flexibility index (Phi) is 6.99. The van der Waals surface area contributed by atoms with Gasteiger partial charge in [0.15, 0.2) is 6.61 Å². The van der Waals surface area contributed by atoms with Gasteiger partial charge in [0.25, 0.3) is 6.43 Å². The van der Waals surface area contributed by atoms with E-state index in [0.29, 0.717) is 12.0 Å². The number of ether oxygens (including phenoxy) is 2. The highest BCUT2D eigenvalue weighted by atomic mass is 19.3. The topological polar surface area (TPSA) is 34.6 Å². The summed E-state index contributed by atoms with van der Waals surface area (Å²) in [7, 11) is 0. The molecular formula is C19H28F2N2O2. The monoisotopic (exact) mass is 354 g/mol. The zero-order valence-corrected chi connectivity index (χ0v) is 14.8. The number of hydrogen-bond donors (Lipinski definition) is 0. The maximum Gasteiger partial charge on any atom is 0.272 e. The van der Waals surface area contributed by atoms with E-state index in [9.17, 15) is 8.78 Å². The minimum absolute atomic E-state index is 0.305. The third-order valence-corrected chi connectivity index (χ3v) is 5.05. The van der Waals surface area contributed by atoms with E-state index in [-0.39, 0.29) is 0 Å². The van der Waals surface area contributed by atoms with Crippen LogP contribution in [0.3, 0.4) is 0 Å². The lowest BCUT2D eigenvalue weighted by molar-refractivity contribution is 0.0451. The molecule has 1 atom stereocenters. The van der Waals surface area contributed by atoms with Crippen molar-refractivity contribution in [3.8, 4) is 5.88 Å². The Morgan fingerprint density at radius 2 is 2.08 bits per heavy atom. The molecule has 0 spiro atoms. The molecule has 4 nitrogen and oxygen atoms in total. The molecule has 0 saturated carbocycles. The Hall–Kier alpha value is -1.27. The Morgan fingerprint density at radius 1 is 1.20 bits per heavy atom. The van der Waals surface area contributed by atoms with E-state index in [1.54, 1.807) is 6.07 Å². The van der Waals surface area contributed by atoms with E-state index in [1.807, 2.05) is 6.07 Å². The van der Waals surface area contributed by atoms with Crippen LogP contribution in [0.2, 0.25) is 0 Å². The average molecular weight is 354 g/mol. The van der Waals surface area contributed by atoms with Crippen molar-refractivity contribution >= 4 is 0 Å². The summed E-state index contributed by atoms with van der Waals surface area (Å²) in [6, 6.07) is 3.68. The molecule has 0 amide bonds. The number of alkyl halides is 2. The SMILES string of the molecule is FC(F)COc1ccc2c(n1)CCN(CC[C@H]1CCCCCO1)CC2. The number of pyridine rings is 1. The Bertz CT molecular complexity index is 534. The molecule has 0 aromatic carbocycles. The van der Waals surface area contributed by atoms with Gasteiger partial charge in [0, 0.05) is 44.4 Å². The number of rotatable bonds is 6. The third kappa shape index (κ3) is 5.89. The van der Waals surface area contributed by atoms with Crippen LogP contribution in [0.25, 0.3) is 0 Å². The molecule has 3 heterocycles. The first-order valence-electron chi connectivity index (χ1n) is 9.44. The Balaban J connectivity index is 1.49. The molecule has 25 heavy (non-hydrogen) atoms. The molecule has 0 unspecified atom stereocenters. The van der Waals surface area contributed by atoms with Crippen LogP contribution in [0.5, 0.6) is 5.88 Å². The fourth-order valence-electron chi connectivity index (χ4n) is 3.60. The summed E-state index contributed by atoms with van der Waals surface area (Å²) in [4.78, 5) is 6.90. The molecule has 0 radical (unpaired) electrons. The van der Waals surface area contributed by atoms with Gasteiger partial charge in [0.2, 0.25) is 5.88 Å². The first kappa shape index (κ1) is 18.5. The van der Waals surface area contributed by atoms with Gasteiger partial charge in [-0.2, -0.15) is 0 Å². The van der Waals surface area contributed by atoms with E-state index in [4.69, 9.17) is 9.47 Å². The van der Waals surface area contributed by atoms with Crippen molar-refractivity contribution in [2.24, 2.45) is 0 Å². The van der Waals surface area contributed by atoms with Crippen molar-refractivity contribution in [2.45, 2.75) is 57.5 Å². The second kappa shape index (κ2) is 9.43. The highest BCUT2D eigenvalue weighted by molar-refractivity contribution is 5.27. The number of nitrogens with zero attached hydrogens (tertiary/aromatic N) is 2. The summed E-state index contributed by atoms with van der Waals surface area (Å²) in [6.45, 7) is 3.32. The van der Waals surface area contributed by atoms with E-state index < -0.39 is 13.0 Å². The normalized spacial score (nSPS) is 22.3. The molecule has 0 aliphatic carbocycles. The number of hydrogen-bond acceptors (Lipinski definition) is 4. The summed E-state index contributed by atoms with van der Waals surface area (Å²) in [5, 5.41) is 0. The van der Waals surface area contributed by atoms with Crippen molar-refractivity contribution < 1.29 is 18.3 Å². The zero-order valence-electron chi connectivity index (χ0n) is 14.8. The van der Waals surface area contributed by atoms with Crippen LogP contribution >= 0.6 is 0 Å². The van der Waals surface area contributed by atoms with Crippen LogP contribution < -0.4 is 4.74 Å². The van der Waals surface area contributed by atoms with E-state index in [0.717, 1.165) is 51.2 Å². The van der Waals surface area contributed by atoms with Gasteiger partial charge in [-0.15, -0.1) is 0 Å². The maximum atomic E-state index is 12.3. The molecule has 1 fully saturated rings. The smallest absolute Gasteiger partial charge is 0.272 e. The van der Waals surface area contributed by atoms with Gasteiger partial charge in [-0.05, 0) is 31.2 Å². The number of fused-ring (bicyclic) bond motifs is 1. The zero-order chi connectivity index (χ0) is 17.5. The minimum Gasteiger partial charge on any atom is -0.472 e. The fourth-order valence-corrected chi connectivity index (χ4v) is 3.60. The van der Waals surface area contributed by atoms with Crippen molar-refractivity contribution in [1.29, 1.82) is 0 Å². The molecule has 1 aromatic heterocycles. The first-order chi connectivity index (χ1) is 12.2. The molecular weight excluding hydrogens is 326 g/mol. The molecule has 0 bridgehead atoms. The predicted molar refractivity (Wildman–Crippen MR) is 92.4 cm³/mol. The minimum atomic E-state index is -2.47. The second-order valence-electron chi connectivity index (χ2n) is 6.93. The number of halogens is 2. The highest BCUT2D eigenvalue weighted by Crippen LogP contribution is 2.20. The van der Waals surface area contributed by atoms with Gasteiger partial charge < -0.3 is 14.4 Å². The van der Waals surface area contributed by atoms with Crippen molar-refractivity contribution in [3.05, 3.63) is 23.4 Å². The molecule has 0 N–H and O–H groups in total. The van der Waals surface area contributed by atoms with Crippen LogP contribution in [0.4, 0.5) is 8.78 Å². The van der Waals surface area contributed by atoms with Crippen molar-refractivity contribution in [2.75, 3.05) is 32.8 Å². The van der Waals surface area contributed by atoms with Gasteiger partial charge in [-0.1, -0.05) is 18.9 Å². The summed E-state index contributed by atoms with van der Waals surface area (Å²) >= 11 is 0. The molecule has 2 aliphatic heterocycles. The van der Waals surface area contributed by atoms with Crippen molar-refractivity contribution in [3.63, 3.8) is 0 Å². The molecule has 140 valence electrons. The molecule has 6 heteroatoms. The Morgan fingerprint density at radius 3 is 2.96 bits per heavy atom. The second-order valence-corrected chi connectivity index (χ2v) is 6.93. The summed E-state index contributed by atoms with van der Waals surface area (Å²) in [5.41, 5.74) is 2.19. The predicted octanol–water partition coefficient (Wildman–Crippen LogP) is 3.48. The lowest BCUT2D eigenvalue weighted by Crippen LogP contribution is -2.30. The molecule has 1 saturated heterocycles. The quantitative estimate of drug-likeness (QED) is 0.783. The van der Waals surface area contributed by atoms with Crippen LogP contribution in [-0.2, 0) is 17.6 Å². The van der Waals surface area contributed by atoms with Gasteiger partial charge in [-0.3, -0.25) is 0 Å². The molecule has 1 aromatic rings. The summed E-state index contributed by atoms with van der Waals surface area (Å²) in [5.74, 6) is 0.305. The van der Waals surface area contributed by atoms with Gasteiger partial charge in [0.05, 0.1) is 6.10 Å². The molecule has 2 aliphatic rings. The standard InChI is InChI=1S/C19H28F2N2O2/c20-18(21)14-25-19-6-5-15-7-10-23(12-9-17(15)22-19)11-8-16-4-2-1-3-13-24-16/h5-6,16,18H,1-4,7-14H2/t16-/m1/s1. The van der Waals surface area contributed by atoms with Gasteiger partial charge in [-0.25, -0.2) is 13.8 Å².